The summed E-state index contributed by atoms with van der Waals surface area (Å²) in [5.74, 6) is 1.46. The molecule has 0 aliphatic rings. The van der Waals surface area contributed by atoms with E-state index in [2.05, 4.69) is 20.5 Å². The van der Waals surface area contributed by atoms with E-state index in [9.17, 15) is 4.79 Å². The third kappa shape index (κ3) is 5.19. The van der Waals surface area contributed by atoms with Gasteiger partial charge in [0.1, 0.15) is 11.5 Å². The van der Waals surface area contributed by atoms with Crippen molar-refractivity contribution in [2.45, 2.75) is 6.42 Å². The Labute approximate surface area is 169 Å². The molecule has 0 unspecified atom stereocenters. The van der Waals surface area contributed by atoms with Crippen LogP contribution in [0, 0.1) is 0 Å². The van der Waals surface area contributed by atoms with Crippen LogP contribution in [0.1, 0.15) is 16.1 Å². The first-order chi connectivity index (χ1) is 14.1. The Kier molecular flexibility index (Phi) is 6.57. The zero-order chi connectivity index (χ0) is 20.6. The molecular weight excluding hydrogens is 370 g/mol. The fraction of sp³-hybridized carbons (Fsp3) is 0.238. The Morgan fingerprint density at radius 3 is 2.48 bits per heavy atom. The van der Waals surface area contributed by atoms with Gasteiger partial charge in [-0.15, -0.1) is 10.2 Å². The maximum absolute atomic E-state index is 12.5. The van der Waals surface area contributed by atoms with Crippen molar-refractivity contribution in [2.75, 3.05) is 38.0 Å². The third-order valence-electron chi connectivity index (χ3n) is 4.42. The highest BCUT2D eigenvalue weighted by Crippen LogP contribution is 2.29. The highest BCUT2D eigenvalue weighted by molar-refractivity contribution is 6.03. The first-order valence-corrected chi connectivity index (χ1v) is 9.08. The molecule has 29 heavy (non-hydrogen) atoms. The molecule has 1 N–H and O–H groups in total. The number of benzene rings is 1. The number of pyridine rings is 1. The molecule has 150 valence electrons. The second-order valence-electron chi connectivity index (χ2n) is 6.32. The SMILES string of the molecule is COc1ccc(NC(=O)c2ccc(N(C)CCc3ccncc3)nn2)c(OC)c1. The molecule has 0 bridgehead atoms. The van der Waals surface area contributed by atoms with Crippen molar-refractivity contribution in [1.29, 1.82) is 0 Å². The number of carbonyl (C=O) groups is 1. The van der Waals surface area contributed by atoms with Gasteiger partial charge in [0, 0.05) is 32.1 Å². The molecule has 0 saturated heterocycles. The van der Waals surface area contributed by atoms with Crippen LogP contribution in [0.3, 0.4) is 0 Å². The Morgan fingerprint density at radius 1 is 1.03 bits per heavy atom. The van der Waals surface area contributed by atoms with E-state index >= 15 is 0 Å². The summed E-state index contributed by atoms with van der Waals surface area (Å²) in [4.78, 5) is 18.5. The van der Waals surface area contributed by atoms with Gasteiger partial charge in [-0.1, -0.05) is 0 Å². The van der Waals surface area contributed by atoms with Crippen molar-refractivity contribution in [1.82, 2.24) is 15.2 Å². The molecule has 0 aliphatic carbocycles. The summed E-state index contributed by atoms with van der Waals surface area (Å²) < 4.78 is 10.5. The zero-order valence-electron chi connectivity index (χ0n) is 16.6. The van der Waals surface area contributed by atoms with Gasteiger partial charge in [0.2, 0.25) is 0 Å². The molecule has 8 nitrogen and oxygen atoms in total. The predicted molar refractivity (Wildman–Crippen MR) is 111 cm³/mol. The molecule has 3 rings (SSSR count). The highest BCUT2D eigenvalue weighted by atomic mass is 16.5. The van der Waals surface area contributed by atoms with Crippen molar-refractivity contribution >= 4 is 17.4 Å². The second-order valence-corrected chi connectivity index (χ2v) is 6.32. The van der Waals surface area contributed by atoms with Gasteiger partial charge in [-0.05, 0) is 48.4 Å². The number of anilines is 2. The minimum Gasteiger partial charge on any atom is -0.497 e. The van der Waals surface area contributed by atoms with Gasteiger partial charge >= 0.3 is 0 Å². The number of amides is 1. The van der Waals surface area contributed by atoms with Crippen molar-refractivity contribution in [3.8, 4) is 11.5 Å². The van der Waals surface area contributed by atoms with Gasteiger partial charge in [-0.2, -0.15) is 0 Å². The van der Waals surface area contributed by atoms with Crippen LogP contribution < -0.4 is 19.7 Å². The smallest absolute Gasteiger partial charge is 0.276 e. The quantitative estimate of drug-likeness (QED) is 0.629. The molecule has 0 atom stereocenters. The maximum atomic E-state index is 12.5. The van der Waals surface area contributed by atoms with Crippen molar-refractivity contribution in [2.24, 2.45) is 0 Å². The van der Waals surface area contributed by atoms with Crippen LogP contribution in [-0.4, -0.2) is 48.9 Å². The molecule has 0 saturated carbocycles. The number of ether oxygens (including phenoxy) is 2. The largest absolute Gasteiger partial charge is 0.497 e. The van der Waals surface area contributed by atoms with Crippen LogP contribution in [0.5, 0.6) is 11.5 Å². The second kappa shape index (κ2) is 9.50. The topological polar surface area (TPSA) is 89.5 Å². The van der Waals surface area contributed by atoms with Gasteiger partial charge in [0.15, 0.2) is 11.5 Å². The first-order valence-electron chi connectivity index (χ1n) is 9.08. The lowest BCUT2D eigenvalue weighted by atomic mass is 10.2. The zero-order valence-corrected chi connectivity index (χ0v) is 16.6. The molecule has 1 amide bonds. The van der Waals surface area contributed by atoms with E-state index in [0.717, 1.165) is 13.0 Å². The lowest BCUT2D eigenvalue weighted by Gasteiger charge is -2.17. The van der Waals surface area contributed by atoms with Crippen LogP contribution >= 0.6 is 0 Å². The lowest BCUT2D eigenvalue weighted by molar-refractivity contribution is 0.102. The Balaban J connectivity index is 1.62. The van der Waals surface area contributed by atoms with Crippen LogP contribution in [0.15, 0.2) is 54.9 Å². The van der Waals surface area contributed by atoms with E-state index in [1.54, 1.807) is 49.8 Å². The molecule has 0 fully saturated rings. The molecule has 3 aromatic rings. The summed E-state index contributed by atoms with van der Waals surface area (Å²) in [6.45, 7) is 0.771. The number of aromatic nitrogens is 3. The fourth-order valence-electron chi connectivity index (χ4n) is 2.70. The number of hydrogen-bond donors (Lipinski definition) is 1. The maximum Gasteiger partial charge on any atom is 0.276 e. The van der Waals surface area contributed by atoms with Crippen molar-refractivity contribution in [3.05, 3.63) is 66.1 Å². The van der Waals surface area contributed by atoms with E-state index in [0.29, 0.717) is 23.0 Å². The van der Waals surface area contributed by atoms with Crippen molar-refractivity contribution in [3.63, 3.8) is 0 Å². The molecule has 0 radical (unpaired) electrons. The van der Waals surface area contributed by atoms with Crippen LogP contribution in [0.2, 0.25) is 0 Å². The monoisotopic (exact) mass is 393 g/mol. The number of methoxy groups -OCH3 is 2. The van der Waals surface area contributed by atoms with Crippen LogP contribution in [-0.2, 0) is 6.42 Å². The molecule has 2 heterocycles. The highest BCUT2D eigenvalue weighted by Gasteiger charge is 2.13. The summed E-state index contributed by atoms with van der Waals surface area (Å²) in [6.07, 6.45) is 4.42. The molecule has 8 heteroatoms. The van der Waals surface area contributed by atoms with E-state index in [-0.39, 0.29) is 11.6 Å². The van der Waals surface area contributed by atoms with Gasteiger partial charge in [-0.25, -0.2) is 0 Å². The average molecular weight is 393 g/mol. The minimum absolute atomic E-state index is 0.217. The van der Waals surface area contributed by atoms with E-state index in [4.69, 9.17) is 9.47 Å². The van der Waals surface area contributed by atoms with Crippen LogP contribution in [0.25, 0.3) is 0 Å². The van der Waals surface area contributed by atoms with E-state index in [1.807, 2.05) is 24.1 Å². The van der Waals surface area contributed by atoms with Gasteiger partial charge in [0.25, 0.3) is 5.91 Å². The molecule has 0 aliphatic heterocycles. The summed E-state index contributed by atoms with van der Waals surface area (Å²) in [6, 6.07) is 12.5. The lowest BCUT2D eigenvalue weighted by Crippen LogP contribution is -2.22. The minimum atomic E-state index is -0.369. The summed E-state index contributed by atoms with van der Waals surface area (Å²) >= 11 is 0. The van der Waals surface area contributed by atoms with Gasteiger partial charge < -0.3 is 19.7 Å². The molecular formula is C21H23N5O3. The Bertz CT molecular complexity index is 948. The number of nitrogens with one attached hydrogen (secondary N) is 1. The fourth-order valence-corrected chi connectivity index (χ4v) is 2.70. The van der Waals surface area contributed by atoms with E-state index < -0.39 is 0 Å². The van der Waals surface area contributed by atoms with Gasteiger partial charge in [0.05, 0.1) is 19.9 Å². The first kappa shape index (κ1) is 20.1. The number of nitrogens with zero attached hydrogens (tertiary/aromatic N) is 4. The predicted octanol–water partition coefficient (Wildman–Crippen LogP) is 2.82. The summed E-state index contributed by atoms with van der Waals surface area (Å²) in [5, 5.41) is 11.0. The number of hydrogen-bond acceptors (Lipinski definition) is 7. The van der Waals surface area contributed by atoms with E-state index in [1.165, 1.54) is 12.7 Å². The standard InChI is InChI=1S/C21H23N5O3/c1-26(13-10-15-8-11-22-12-9-15)20-7-6-18(24-25-20)21(27)23-17-5-4-16(28-2)14-19(17)29-3/h4-9,11-12,14H,10,13H2,1-3H3,(H,23,27). The Hall–Kier alpha value is -3.68. The Morgan fingerprint density at radius 2 is 1.83 bits per heavy atom. The third-order valence-corrected chi connectivity index (χ3v) is 4.42. The molecule has 1 aromatic carbocycles. The number of rotatable bonds is 8. The summed E-state index contributed by atoms with van der Waals surface area (Å²) in [5.41, 5.74) is 1.94. The van der Waals surface area contributed by atoms with Gasteiger partial charge in [-0.3, -0.25) is 9.78 Å². The number of likely N-dealkylation sites (N-methyl/N-ethyl adjacent to an activating group) is 1. The normalized spacial score (nSPS) is 10.3. The molecule has 0 spiro atoms. The summed E-state index contributed by atoms with van der Waals surface area (Å²) in [7, 11) is 5.03. The molecule has 2 aromatic heterocycles. The van der Waals surface area contributed by atoms with Crippen molar-refractivity contribution < 1.29 is 14.3 Å². The average Bonchev–Trinajstić information content (AvgIpc) is 2.78. The van der Waals surface area contributed by atoms with Crippen LogP contribution in [0.4, 0.5) is 11.5 Å². The number of carbonyl (C=O) groups excluding carboxylic acids is 1.